The molecule has 122 valence electrons. The number of carbonyl (C=O) groups excluding carboxylic acids is 1. The molecular formula is C12H26N6O3. The summed E-state index contributed by atoms with van der Waals surface area (Å²) < 4.78 is 0. The van der Waals surface area contributed by atoms with E-state index < -0.39 is 11.1 Å². The molecule has 0 rings (SSSR count). The van der Waals surface area contributed by atoms with E-state index in [0.29, 0.717) is 31.3 Å². The third kappa shape index (κ3) is 9.47. The Balaban J connectivity index is 4.28. The lowest BCUT2D eigenvalue weighted by Gasteiger charge is -2.19. The fourth-order valence-electron chi connectivity index (χ4n) is 1.53. The molecule has 0 aromatic carbocycles. The van der Waals surface area contributed by atoms with Gasteiger partial charge in [0.25, 0.3) is 0 Å². The number of nitrogens with zero attached hydrogens (tertiary/aromatic N) is 1. The lowest BCUT2D eigenvalue weighted by Crippen LogP contribution is -2.48. The average Bonchev–Trinajstić information content (AvgIpc) is 2.38. The predicted molar refractivity (Wildman–Crippen MR) is 80.1 cm³/mol. The molecular weight excluding hydrogens is 276 g/mol. The highest BCUT2D eigenvalue weighted by Gasteiger charge is 2.23. The van der Waals surface area contributed by atoms with Gasteiger partial charge in [0, 0.05) is 13.1 Å². The second-order valence-electron chi connectivity index (χ2n) is 5.39. The first-order valence-corrected chi connectivity index (χ1v) is 7.00. The Morgan fingerprint density at radius 2 is 1.95 bits per heavy atom. The van der Waals surface area contributed by atoms with Gasteiger partial charge < -0.3 is 16.4 Å². The summed E-state index contributed by atoms with van der Waals surface area (Å²) in [6.45, 7) is 6.99. The molecule has 0 heterocycles. The van der Waals surface area contributed by atoms with Crippen molar-refractivity contribution >= 4 is 11.9 Å². The van der Waals surface area contributed by atoms with Gasteiger partial charge in [0.15, 0.2) is 17.0 Å². The monoisotopic (exact) mass is 302 g/mol. The summed E-state index contributed by atoms with van der Waals surface area (Å²) in [5.74, 6) is 0.169. The van der Waals surface area contributed by atoms with Gasteiger partial charge in [0.1, 0.15) is 0 Å². The van der Waals surface area contributed by atoms with Crippen molar-refractivity contribution in [1.29, 1.82) is 5.41 Å². The molecule has 9 heteroatoms. The van der Waals surface area contributed by atoms with Gasteiger partial charge in [-0.2, -0.15) is 0 Å². The second-order valence-corrected chi connectivity index (χ2v) is 5.39. The van der Waals surface area contributed by atoms with Crippen LogP contribution in [-0.4, -0.2) is 36.0 Å². The maximum atomic E-state index is 12.0. The van der Waals surface area contributed by atoms with Gasteiger partial charge in [0.05, 0.1) is 0 Å². The minimum absolute atomic E-state index is 0.163. The Bertz CT molecular complexity index is 361. The van der Waals surface area contributed by atoms with E-state index in [0.717, 1.165) is 0 Å². The molecule has 0 saturated heterocycles. The molecule has 21 heavy (non-hydrogen) atoms. The van der Waals surface area contributed by atoms with Gasteiger partial charge in [-0.1, -0.05) is 20.8 Å². The summed E-state index contributed by atoms with van der Waals surface area (Å²) >= 11 is 0. The molecule has 0 aliphatic heterocycles. The Labute approximate surface area is 124 Å². The molecule has 6 N–H and O–H groups in total. The van der Waals surface area contributed by atoms with Crippen LogP contribution in [0.2, 0.25) is 0 Å². The van der Waals surface area contributed by atoms with Crippen LogP contribution in [0.4, 0.5) is 0 Å². The third-order valence-corrected chi connectivity index (χ3v) is 3.30. The van der Waals surface area contributed by atoms with Gasteiger partial charge in [-0.15, -0.1) is 5.43 Å². The smallest absolute Gasteiger partial charge is 0.248 e. The van der Waals surface area contributed by atoms with Gasteiger partial charge in [-0.3, -0.25) is 10.2 Å². The molecule has 0 aromatic heterocycles. The van der Waals surface area contributed by atoms with Crippen LogP contribution in [0.25, 0.3) is 0 Å². The van der Waals surface area contributed by atoms with Crippen LogP contribution >= 0.6 is 0 Å². The highest BCUT2D eigenvalue weighted by molar-refractivity contribution is 5.81. The minimum atomic E-state index is -0.895. The van der Waals surface area contributed by atoms with Crippen LogP contribution in [0.3, 0.4) is 0 Å². The van der Waals surface area contributed by atoms with Crippen molar-refractivity contribution in [1.82, 2.24) is 16.1 Å². The number of amides is 1. The zero-order valence-corrected chi connectivity index (χ0v) is 12.8. The van der Waals surface area contributed by atoms with E-state index in [9.17, 15) is 14.9 Å². The van der Waals surface area contributed by atoms with Crippen molar-refractivity contribution in [2.75, 3.05) is 13.1 Å². The molecule has 0 bridgehead atoms. The molecule has 0 spiro atoms. The van der Waals surface area contributed by atoms with Crippen molar-refractivity contribution < 1.29 is 9.83 Å². The number of nitro groups is 1. The van der Waals surface area contributed by atoms with Crippen molar-refractivity contribution in [2.45, 2.75) is 39.7 Å². The molecule has 0 aliphatic carbocycles. The van der Waals surface area contributed by atoms with Gasteiger partial charge in [-0.05, 0) is 24.7 Å². The Kier molecular flexibility index (Phi) is 8.82. The van der Waals surface area contributed by atoms with E-state index in [4.69, 9.17) is 11.1 Å². The summed E-state index contributed by atoms with van der Waals surface area (Å²) in [7, 11) is 0. The molecule has 2 atom stereocenters. The van der Waals surface area contributed by atoms with E-state index in [2.05, 4.69) is 24.5 Å². The average molecular weight is 302 g/mol. The fraction of sp³-hybridized carbons (Fsp3) is 0.833. The number of hydrazine groups is 1. The molecule has 0 radical (unpaired) electrons. The van der Waals surface area contributed by atoms with Crippen LogP contribution in [0, 0.1) is 27.4 Å². The molecule has 0 fully saturated rings. The molecule has 1 unspecified atom stereocenters. The highest BCUT2D eigenvalue weighted by Crippen LogP contribution is 2.08. The molecule has 1 amide bonds. The Morgan fingerprint density at radius 1 is 1.33 bits per heavy atom. The fourth-order valence-corrected chi connectivity index (χ4v) is 1.53. The van der Waals surface area contributed by atoms with Crippen molar-refractivity contribution in [3.63, 3.8) is 0 Å². The number of rotatable bonds is 10. The maximum absolute atomic E-state index is 12.0. The summed E-state index contributed by atoms with van der Waals surface area (Å²) in [4.78, 5) is 22.5. The SMILES string of the molecule is CC(C)C(C)CNC(=O)[C@H](CCCNC(=N)N)N[N+](=O)[O-]. The van der Waals surface area contributed by atoms with Crippen LogP contribution in [-0.2, 0) is 4.79 Å². The van der Waals surface area contributed by atoms with Gasteiger partial charge >= 0.3 is 0 Å². The zero-order chi connectivity index (χ0) is 16.4. The highest BCUT2D eigenvalue weighted by atomic mass is 16.7. The van der Waals surface area contributed by atoms with Crippen molar-refractivity contribution in [3.05, 3.63) is 10.1 Å². The van der Waals surface area contributed by atoms with Crippen molar-refractivity contribution in [2.24, 2.45) is 17.6 Å². The first-order chi connectivity index (χ1) is 9.73. The number of nitrogens with two attached hydrogens (primary N) is 1. The van der Waals surface area contributed by atoms with Gasteiger partial charge in [-0.25, -0.2) is 10.1 Å². The largest absolute Gasteiger partial charge is 0.370 e. The number of carbonyl (C=O) groups is 1. The summed E-state index contributed by atoms with van der Waals surface area (Å²) in [6.07, 6.45) is 0.765. The van der Waals surface area contributed by atoms with Crippen LogP contribution < -0.4 is 21.8 Å². The first kappa shape index (κ1) is 18.9. The first-order valence-electron chi connectivity index (χ1n) is 7.00. The molecule has 0 saturated carbocycles. The maximum Gasteiger partial charge on any atom is 0.248 e. The minimum Gasteiger partial charge on any atom is -0.370 e. The lowest BCUT2D eigenvalue weighted by atomic mass is 9.98. The summed E-state index contributed by atoms with van der Waals surface area (Å²) in [5.41, 5.74) is 7.15. The van der Waals surface area contributed by atoms with E-state index in [-0.39, 0.29) is 18.3 Å². The Morgan fingerprint density at radius 3 is 2.43 bits per heavy atom. The topological polar surface area (TPSA) is 146 Å². The summed E-state index contributed by atoms with van der Waals surface area (Å²) in [6, 6.07) is -0.895. The van der Waals surface area contributed by atoms with E-state index in [1.165, 1.54) is 0 Å². The molecule has 9 nitrogen and oxygen atoms in total. The third-order valence-electron chi connectivity index (χ3n) is 3.30. The standard InChI is InChI=1S/C12H26N6O3/c1-8(2)9(3)7-16-11(19)10(17-18(20)21)5-4-6-15-12(13)14/h8-10,17H,4-7H2,1-3H3,(H,16,19)(H4,13,14,15)/t9?,10-/m0/s1. The van der Waals surface area contributed by atoms with E-state index in [1.54, 1.807) is 0 Å². The van der Waals surface area contributed by atoms with E-state index >= 15 is 0 Å². The Hall–Kier alpha value is -2.06. The summed E-state index contributed by atoms with van der Waals surface area (Å²) in [5, 5.41) is 22.1. The second kappa shape index (κ2) is 9.78. The molecule has 0 aromatic rings. The normalized spacial score (nSPS) is 13.3. The van der Waals surface area contributed by atoms with E-state index in [1.807, 2.05) is 12.3 Å². The van der Waals surface area contributed by atoms with Gasteiger partial charge in [0.2, 0.25) is 5.91 Å². The van der Waals surface area contributed by atoms with Crippen LogP contribution in [0.1, 0.15) is 33.6 Å². The zero-order valence-electron chi connectivity index (χ0n) is 12.8. The number of guanidine groups is 1. The quantitative estimate of drug-likeness (QED) is 0.124. The van der Waals surface area contributed by atoms with Crippen LogP contribution in [0.5, 0.6) is 0 Å². The number of nitrogens with one attached hydrogen (secondary N) is 4. The van der Waals surface area contributed by atoms with Crippen LogP contribution in [0.15, 0.2) is 0 Å². The molecule has 0 aliphatic rings. The lowest BCUT2D eigenvalue weighted by molar-refractivity contribution is -0.548. The van der Waals surface area contributed by atoms with Crippen molar-refractivity contribution in [3.8, 4) is 0 Å². The number of hydrogen-bond donors (Lipinski definition) is 5. The number of hydrogen-bond acceptors (Lipinski definition) is 4. The predicted octanol–water partition coefficient (Wildman–Crippen LogP) is -0.192.